The van der Waals surface area contributed by atoms with Crippen molar-refractivity contribution < 1.29 is 9.32 Å². The second-order valence-corrected chi connectivity index (χ2v) is 2.62. The molecule has 0 bridgehead atoms. The first-order chi connectivity index (χ1) is 6.20. The van der Waals surface area contributed by atoms with Gasteiger partial charge in [0.2, 0.25) is 5.91 Å². The summed E-state index contributed by atoms with van der Waals surface area (Å²) in [5.74, 6) is 0.168. The van der Waals surface area contributed by atoms with Gasteiger partial charge in [0.05, 0.1) is 18.8 Å². The van der Waals surface area contributed by atoms with Crippen molar-refractivity contribution in [3.8, 4) is 0 Å². The first-order valence-corrected chi connectivity index (χ1v) is 3.85. The van der Waals surface area contributed by atoms with Gasteiger partial charge in [0.15, 0.2) is 0 Å². The molecule has 0 aliphatic rings. The van der Waals surface area contributed by atoms with Gasteiger partial charge < -0.3 is 21.3 Å². The van der Waals surface area contributed by atoms with Gasteiger partial charge in [-0.3, -0.25) is 4.79 Å². The van der Waals surface area contributed by atoms with Gasteiger partial charge >= 0.3 is 0 Å². The molecule has 6 nitrogen and oxygen atoms in total. The molecule has 0 saturated carbocycles. The zero-order valence-corrected chi connectivity index (χ0v) is 7.06. The van der Waals surface area contributed by atoms with Crippen LogP contribution in [-0.2, 0) is 11.3 Å². The Morgan fingerprint density at radius 1 is 1.77 bits per heavy atom. The zero-order valence-electron chi connectivity index (χ0n) is 7.06. The maximum absolute atomic E-state index is 10.5. The molecule has 0 aliphatic heterocycles. The Labute approximate surface area is 75.2 Å². The normalized spacial score (nSPS) is 12.7. The van der Waals surface area contributed by atoms with Gasteiger partial charge in [-0.25, -0.2) is 0 Å². The molecule has 1 unspecified atom stereocenters. The molecular formula is C7H12N4O2. The van der Waals surface area contributed by atoms with Crippen LogP contribution in [0, 0.1) is 0 Å². The van der Waals surface area contributed by atoms with E-state index in [2.05, 4.69) is 10.5 Å². The quantitative estimate of drug-likeness (QED) is 0.520. The maximum Gasteiger partial charge on any atom is 0.235 e. The SMILES string of the molecule is NC(=O)C(N)CNCc1ccno1. The summed E-state index contributed by atoms with van der Waals surface area (Å²) in [6, 6.07) is 1.06. The van der Waals surface area contributed by atoms with E-state index >= 15 is 0 Å². The zero-order chi connectivity index (χ0) is 9.68. The van der Waals surface area contributed by atoms with E-state index in [9.17, 15) is 4.79 Å². The number of nitrogens with two attached hydrogens (primary N) is 2. The van der Waals surface area contributed by atoms with Crippen molar-refractivity contribution in [1.29, 1.82) is 0 Å². The molecule has 1 aromatic heterocycles. The van der Waals surface area contributed by atoms with Crippen LogP contribution in [0.2, 0.25) is 0 Å². The van der Waals surface area contributed by atoms with Gasteiger partial charge in [-0.1, -0.05) is 5.16 Å². The van der Waals surface area contributed by atoms with E-state index in [0.717, 1.165) is 0 Å². The van der Waals surface area contributed by atoms with Crippen LogP contribution in [0.25, 0.3) is 0 Å². The maximum atomic E-state index is 10.5. The number of amides is 1. The minimum Gasteiger partial charge on any atom is -0.368 e. The van der Waals surface area contributed by atoms with E-state index in [4.69, 9.17) is 16.0 Å². The molecular weight excluding hydrogens is 172 g/mol. The van der Waals surface area contributed by atoms with Crippen LogP contribution in [0.15, 0.2) is 16.8 Å². The molecule has 1 rings (SSSR count). The highest BCUT2D eigenvalue weighted by molar-refractivity contribution is 5.79. The van der Waals surface area contributed by atoms with Gasteiger partial charge in [0, 0.05) is 12.6 Å². The Bertz CT molecular complexity index is 259. The van der Waals surface area contributed by atoms with E-state index in [1.807, 2.05) is 0 Å². The first-order valence-electron chi connectivity index (χ1n) is 3.85. The smallest absolute Gasteiger partial charge is 0.235 e. The molecule has 0 fully saturated rings. The van der Waals surface area contributed by atoms with Crippen molar-refractivity contribution in [2.45, 2.75) is 12.6 Å². The number of nitrogens with one attached hydrogen (secondary N) is 1. The van der Waals surface area contributed by atoms with Crippen LogP contribution in [-0.4, -0.2) is 23.7 Å². The predicted octanol–water partition coefficient (Wildman–Crippen LogP) is -1.42. The van der Waals surface area contributed by atoms with E-state index in [-0.39, 0.29) is 0 Å². The second kappa shape index (κ2) is 4.58. The fraction of sp³-hybridized carbons (Fsp3) is 0.429. The van der Waals surface area contributed by atoms with Gasteiger partial charge in [-0.2, -0.15) is 0 Å². The minimum atomic E-state index is -0.664. The van der Waals surface area contributed by atoms with Crippen LogP contribution in [0.5, 0.6) is 0 Å². The fourth-order valence-corrected chi connectivity index (χ4v) is 0.785. The van der Waals surface area contributed by atoms with Crippen LogP contribution in [0.3, 0.4) is 0 Å². The number of hydrogen-bond donors (Lipinski definition) is 3. The van der Waals surface area contributed by atoms with E-state index in [1.165, 1.54) is 0 Å². The lowest BCUT2D eigenvalue weighted by Crippen LogP contribution is -2.44. The number of aromatic nitrogens is 1. The van der Waals surface area contributed by atoms with Crippen LogP contribution in [0.4, 0.5) is 0 Å². The monoisotopic (exact) mass is 184 g/mol. The van der Waals surface area contributed by atoms with E-state index < -0.39 is 11.9 Å². The Balaban J connectivity index is 2.18. The van der Waals surface area contributed by atoms with Crippen LogP contribution >= 0.6 is 0 Å². The molecule has 0 aromatic carbocycles. The number of carbonyl (C=O) groups is 1. The highest BCUT2D eigenvalue weighted by atomic mass is 16.5. The average molecular weight is 184 g/mol. The summed E-state index contributed by atoms with van der Waals surface area (Å²) in [5, 5.41) is 6.43. The second-order valence-electron chi connectivity index (χ2n) is 2.62. The van der Waals surface area contributed by atoms with Gasteiger partial charge in [0.25, 0.3) is 0 Å². The lowest BCUT2D eigenvalue weighted by Gasteiger charge is -2.06. The third-order valence-electron chi connectivity index (χ3n) is 1.52. The standard InChI is InChI=1S/C7H12N4O2/c8-6(7(9)12)4-10-3-5-1-2-11-13-5/h1-2,6,10H,3-4,8H2,(H2,9,12). The van der Waals surface area contributed by atoms with Crippen LogP contribution < -0.4 is 16.8 Å². The molecule has 1 amide bonds. The fourth-order valence-electron chi connectivity index (χ4n) is 0.785. The van der Waals surface area contributed by atoms with E-state index in [0.29, 0.717) is 18.8 Å². The summed E-state index contributed by atoms with van der Waals surface area (Å²) >= 11 is 0. The minimum absolute atomic E-state index is 0.329. The number of hydrogen-bond acceptors (Lipinski definition) is 5. The van der Waals surface area contributed by atoms with Crippen molar-refractivity contribution >= 4 is 5.91 Å². The summed E-state index contributed by atoms with van der Waals surface area (Å²) in [6.45, 7) is 0.816. The van der Waals surface area contributed by atoms with Crippen molar-refractivity contribution in [2.24, 2.45) is 11.5 Å². The molecule has 1 aromatic rings. The lowest BCUT2D eigenvalue weighted by molar-refractivity contribution is -0.119. The molecule has 5 N–H and O–H groups in total. The van der Waals surface area contributed by atoms with Gasteiger partial charge in [-0.15, -0.1) is 0 Å². The predicted molar refractivity (Wildman–Crippen MR) is 45.4 cm³/mol. The van der Waals surface area contributed by atoms with Crippen molar-refractivity contribution in [3.63, 3.8) is 0 Å². The summed E-state index contributed by atoms with van der Waals surface area (Å²) in [5.41, 5.74) is 10.3. The highest BCUT2D eigenvalue weighted by Gasteiger charge is 2.07. The van der Waals surface area contributed by atoms with Crippen molar-refractivity contribution in [1.82, 2.24) is 10.5 Å². The Morgan fingerprint density at radius 3 is 3.08 bits per heavy atom. The number of carbonyl (C=O) groups excluding carboxylic acids is 1. The molecule has 0 aliphatic carbocycles. The molecule has 0 saturated heterocycles. The van der Waals surface area contributed by atoms with Gasteiger partial charge in [0.1, 0.15) is 5.76 Å². The topological polar surface area (TPSA) is 107 Å². The molecule has 1 heterocycles. The van der Waals surface area contributed by atoms with Crippen LogP contribution in [0.1, 0.15) is 5.76 Å². The Kier molecular flexibility index (Phi) is 3.41. The molecule has 13 heavy (non-hydrogen) atoms. The summed E-state index contributed by atoms with van der Waals surface area (Å²) < 4.78 is 4.81. The third-order valence-corrected chi connectivity index (χ3v) is 1.52. The largest absolute Gasteiger partial charge is 0.368 e. The lowest BCUT2D eigenvalue weighted by atomic mass is 10.3. The highest BCUT2D eigenvalue weighted by Crippen LogP contribution is 1.94. The Hall–Kier alpha value is -1.40. The molecule has 0 spiro atoms. The van der Waals surface area contributed by atoms with E-state index in [1.54, 1.807) is 12.3 Å². The van der Waals surface area contributed by atoms with Crippen molar-refractivity contribution in [3.05, 3.63) is 18.0 Å². The molecule has 6 heteroatoms. The Morgan fingerprint density at radius 2 is 2.54 bits per heavy atom. The number of rotatable bonds is 5. The summed E-state index contributed by atoms with van der Waals surface area (Å²) in [7, 11) is 0. The molecule has 1 atom stereocenters. The van der Waals surface area contributed by atoms with Crippen molar-refractivity contribution in [2.75, 3.05) is 6.54 Å². The summed E-state index contributed by atoms with van der Waals surface area (Å²) in [4.78, 5) is 10.5. The van der Waals surface area contributed by atoms with Gasteiger partial charge in [-0.05, 0) is 0 Å². The first kappa shape index (κ1) is 9.69. The molecule has 72 valence electrons. The third kappa shape index (κ3) is 3.22. The molecule has 0 radical (unpaired) electrons. The summed E-state index contributed by atoms with van der Waals surface area (Å²) in [6.07, 6.45) is 1.55. The number of primary amides is 1. The average Bonchev–Trinajstić information content (AvgIpc) is 2.56. The number of nitrogens with zero attached hydrogens (tertiary/aromatic N) is 1.